The summed E-state index contributed by atoms with van der Waals surface area (Å²) in [5.41, 5.74) is 1.09. The van der Waals surface area contributed by atoms with Gasteiger partial charge in [-0.1, -0.05) is 30.3 Å². The van der Waals surface area contributed by atoms with Gasteiger partial charge in [0.15, 0.2) is 5.79 Å². The third-order valence-corrected chi connectivity index (χ3v) is 3.21. The van der Waals surface area contributed by atoms with Gasteiger partial charge < -0.3 is 23.7 Å². The first-order valence-corrected chi connectivity index (χ1v) is 7.18. The molecule has 2 unspecified atom stereocenters. The molecule has 0 aromatic heterocycles. The third-order valence-electron chi connectivity index (χ3n) is 3.21. The SMILES string of the molecule is COC(=O)OCC1OC(C)(C)OC1COCc1ccccc1. The molecule has 0 bridgehead atoms. The summed E-state index contributed by atoms with van der Waals surface area (Å²) in [6.07, 6.45) is -1.43. The highest BCUT2D eigenvalue weighted by Crippen LogP contribution is 2.28. The molecule has 0 N–H and O–H groups in total. The Morgan fingerprint density at radius 1 is 1.14 bits per heavy atom. The Morgan fingerprint density at radius 2 is 1.77 bits per heavy atom. The van der Waals surface area contributed by atoms with E-state index < -0.39 is 11.9 Å². The summed E-state index contributed by atoms with van der Waals surface area (Å²) in [5.74, 6) is -0.731. The van der Waals surface area contributed by atoms with Crippen molar-refractivity contribution in [1.82, 2.24) is 0 Å². The fourth-order valence-electron chi connectivity index (χ4n) is 2.27. The average molecular weight is 310 g/mol. The van der Waals surface area contributed by atoms with Gasteiger partial charge in [-0.3, -0.25) is 0 Å². The second kappa shape index (κ2) is 7.58. The van der Waals surface area contributed by atoms with Crippen LogP contribution in [0.15, 0.2) is 30.3 Å². The van der Waals surface area contributed by atoms with Crippen molar-refractivity contribution in [1.29, 1.82) is 0 Å². The van der Waals surface area contributed by atoms with Gasteiger partial charge in [0.2, 0.25) is 0 Å². The molecule has 6 nitrogen and oxygen atoms in total. The Balaban J connectivity index is 1.82. The second-order valence-corrected chi connectivity index (χ2v) is 5.48. The van der Waals surface area contributed by atoms with Crippen LogP contribution >= 0.6 is 0 Å². The lowest BCUT2D eigenvalue weighted by Gasteiger charge is -2.16. The molecule has 122 valence electrons. The third kappa shape index (κ3) is 4.98. The zero-order valence-electron chi connectivity index (χ0n) is 13.1. The lowest BCUT2D eigenvalue weighted by molar-refractivity contribution is -0.153. The number of benzene rings is 1. The van der Waals surface area contributed by atoms with Gasteiger partial charge in [-0.25, -0.2) is 4.79 Å². The standard InChI is InChI=1S/C16H22O6/c1-16(2)21-13(14(22-16)11-20-15(17)18-3)10-19-9-12-7-5-4-6-8-12/h4-8,13-14H,9-11H2,1-3H3. The minimum absolute atomic E-state index is 0.0649. The van der Waals surface area contributed by atoms with Crippen LogP contribution in [-0.2, 0) is 30.3 Å². The van der Waals surface area contributed by atoms with Gasteiger partial charge in [0.1, 0.15) is 18.8 Å². The van der Waals surface area contributed by atoms with E-state index in [1.807, 2.05) is 44.2 Å². The largest absolute Gasteiger partial charge is 0.508 e. The maximum Gasteiger partial charge on any atom is 0.508 e. The molecule has 0 radical (unpaired) electrons. The van der Waals surface area contributed by atoms with Crippen molar-refractivity contribution in [3.8, 4) is 0 Å². The van der Waals surface area contributed by atoms with Gasteiger partial charge in [0, 0.05) is 0 Å². The highest BCUT2D eigenvalue weighted by molar-refractivity contribution is 5.59. The first-order chi connectivity index (χ1) is 10.5. The van der Waals surface area contributed by atoms with E-state index in [4.69, 9.17) is 18.9 Å². The number of methoxy groups -OCH3 is 1. The molecule has 22 heavy (non-hydrogen) atoms. The molecule has 0 spiro atoms. The van der Waals surface area contributed by atoms with E-state index in [9.17, 15) is 4.79 Å². The quantitative estimate of drug-likeness (QED) is 0.752. The van der Waals surface area contributed by atoms with Crippen LogP contribution in [0, 0.1) is 0 Å². The molecule has 1 aromatic rings. The molecule has 0 amide bonds. The molecule has 1 aliphatic heterocycles. The number of rotatable bonds is 6. The van der Waals surface area contributed by atoms with E-state index in [1.54, 1.807) is 0 Å². The summed E-state index contributed by atoms with van der Waals surface area (Å²) in [6.45, 7) is 4.54. The smallest absolute Gasteiger partial charge is 0.438 e. The summed E-state index contributed by atoms with van der Waals surface area (Å²) in [4.78, 5) is 11.1. The molecule has 1 saturated heterocycles. The van der Waals surface area contributed by atoms with Crippen LogP contribution in [0.5, 0.6) is 0 Å². The molecule has 0 aliphatic carbocycles. The summed E-state index contributed by atoms with van der Waals surface area (Å²) in [7, 11) is 1.26. The van der Waals surface area contributed by atoms with E-state index in [-0.39, 0.29) is 18.8 Å². The lowest BCUT2D eigenvalue weighted by atomic mass is 10.2. The van der Waals surface area contributed by atoms with E-state index in [0.717, 1.165) is 5.56 Å². The number of carbonyl (C=O) groups is 1. The van der Waals surface area contributed by atoms with Gasteiger partial charge in [-0.05, 0) is 19.4 Å². The highest BCUT2D eigenvalue weighted by Gasteiger charge is 2.42. The normalized spacial score (nSPS) is 23.2. The molecule has 2 rings (SSSR count). The summed E-state index contributed by atoms with van der Waals surface area (Å²) in [6, 6.07) is 9.87. The Morgan fingerprint density at radius 3 is 2.41 bits per heavy atom. The Labute approximate surface area is 130 Å². The van der Waals surface area contributed by atoms with Gasteiger partial charge in [-0.2, -0.15) is 0 Å². The molecule has 6 heteroatoms. The van der Waals surface area contributed by atoms with Crippen molar-refractivity contribution in [2.45, 2.75) is 38.4 Å². The monoisotopic (exact) mass is 310 g/mol. The van der Waals surface area contributed by atoms with Crippen LogP contribution in [0.1, 0.15) is 19.4 Å². The predicted molar refractivity (Wildman–Crippen MR) is 78.3 cm³/mol. The molecule has 1 heterocycles. The number of ether oxygens (including phenoxy) is 5. The van der Waals surface area contributed by atoms with Crippen molar-refractivity contribution in [3.05, 3.63) is 35.9 Å². The maximum absolute atomic E-state index is 11.1. The van der Waals surface area contributed by atoms with E-state index in [2.05, 4.69) is 4.74 Å². The Hall–Kier alpha value is -1.63. The lowest BCUT2D eigenvalue weighted by Crippen LogP contribution is -2.32. The fraction of sp³-hybridized carbons (Fsp3) is 0.562. The first kappa shape index (κ1) is 16.7. The van der Waals surface area contributed by atoms with Crippen molar-refractivity contribution < 1.29 is 28.5 Å². The van der Waals surface area contributed by atoms with Gasteiger partial charge in [0.05, 0.1) is 20.3 Å². The van der Waals surface area contributed by atoms with Gasteiger partial charge >= 0.3 is 6.16 Å². The van der Waals surface area contributed by atoms with Crippen LogP contribution in [-0.4, -0.2) is 44.5 Å². The molecular weight excluding hydrogens is 288 g/mol. The maximum atomic E-state index is 11.1. The van der Waals surface area contributed by atoms with Crippen LogP contribution in [0.4, 0.5) is 4.79 Å². The first-order valence-electron chi connectivity index (χ1n) is 7.18. The summed E-state index contributed by atoms with van der Waals surface area (Å²) in [5, 5.41) is 0. The van der Waals surface area contributed by atoms with Crippen molar-refractivity contribution in [2.24, 2.45) is 0 Å². The van der Waals surface area contributed by atoms with Crippen LogP contribution in [0.25, 0.3) is 0 Å². The van der Waals surface area contributed by atoms with Crippen molar-refractivity contribution in [3.63, 3.8) is 0 Å². The van der Waals surface area contributed by atoms with E-state index in [0.29, 0.717) is 13.2 Å². The minimum atomic E-state index is -0.739. The van der Waals surface area contributed by atoms with E-state index in [1.165, 1.54) is 7.11 Å². The van der Waals surface area contributed by atoms with Gasteiger partial charge in [-0.15, -0.1) is 0 Å². The number of carbonyl (C=O) groups excluding carboxylic acids is 1. The average Bonchev–Trinajstić information content (AvgIpc) is 2.80. The molecule has 0 saturated carbocycles. The molecule has 2 atom stereocenters. The molecular formula is C16H22O6. The summed E-state index contributed by atoms with van der Waals surface area (Å²) < 4.78 is 26.6. The van der Waals surface area contributed by atoms with E-state index >= 15 is 0 Å². The fourth-order valence-corrected chi connectivity index (χ4v) is 2.27. The number of hydrogen-bond donors (Lipinski definition) is 0. The topological polar surface area (TPSA) is 63.2 Å². The zero-order chi connectivity index (χ0) is 16.0. The van der Waals surface area contributed by atoms with Crippen molar-refractivity contribution >= 4 is 6.16 Å². The van der Waals surface area contributed by atoms with Crippen LogP contribution < -0.4 is 0 Å². The zero-order valence-corrected chi connectivity index (χ0v) is 13.1. The predicted octanol–water partition coefficient (Wildman–Crippen LogP) is 2.51. The Kier molecular flexibility index (Phi) is 5.76. The van der Waals surface area contributed by atoms with Gasteiger partial charge in [0.25, 0.3) is 0 Å². The van der Waals surface area contributed by atoms with Crippen molar-refractivity contribution in [2.75, 3.05) is 20.3 Å². The molecule has 1 fully saturated rings. The summed E-state index contributed by atoms with van der Waals surface area (Å²) >= 11 is 0. The Bertz CT molecular complexity index is 473. The number of hydrogen-bond acceptors (Lipinski definition) is 6. The molecule has 1 aliphatic rings. The minimum Gasteiger partial charge on any atom is -0.438 e. The molecule has 1 aromatic carbocycles. The van der Waals surface area contributed by atoms with Crippen LogP contribution in [0.2, 0.25) is 0 Å². The second-order valence-electron chi connectivity index (χ2n) is 5.48. The van der Waals surface area contributed by atoms with Crippen LogP contribution in [0.3, 0.4) is 0 Å². The highest BCUT2D eigenvalue weighted by atomic mass is 16.8.